The molecule has 154 valence electrons. The van der Waals surface area contributed by atoms with Crippen molar-refractivity contribution in [3.8, 4) is 5.75 Å². The van der Waals surface area contributed by atoms with Crippen LogP contribution in [0.15, 0.2) is 42.5 Å². The SMILES string of the molecule is CC(NC(=O)Nc1ccc(Cl)c(C(=O)NC2CC2)c1)c1cccc(OC(F)F)c1. The zero-order valence-electron chi connectivity index (χ0n) is 15.5. The van der Waals surface area contributed by atoms with Crippen molar-refractivity contribution in [2.45, 2.75) is 38.5 Å². The number of anilines is 1. The molecule has 3 N–H and O–H groups in total. The van der Waals surface area contributed by atoms with Gasteiger partial charge < -0.3 is 20.7 Å². The second kappa shape index (κ2) is 9.09. The van der Waals surface area contributed by atoms with Gasteiger partial charge >= 0.3 is 12.6 Å². The predicted octanol–water partition coefficient (Wildman–Crippen LogP) is 4.72. The van der Waals surface area contributed by atoms with Crippen LogP contribution in [0.4, 0.5) is 19.3 Å². The Bertz CT molecular complexity index is 906. The molecule has 0 spiro atoms. The quantitative estimate of drug-likeness (QED) is 0.603. The number of alkyl halides is 2. The van der Waals surface area contributed by atoms with Crippen LogP contribution in [-0.4, -0.2) is 24.6 Å². The smallest absolute Gasteiger partial charge is 0.387 e. The molecular weight excluding hydrogens is 404 g/mol. The van der Waals surface area contributed by atoms with Gasteiger partial charge in [0, 0.05) is 11.7 Å². The van der Waals surface area contributed by atoms with Gasteiger partial charge in [0.2, 0.25) is 0 Å². The van der Waals surface area contributed by atoms with E-state index in [-0.39, 0.29) is 23.3 Å². The summed E-state index contributed by atoms with van der Waals surface area (Å²) in [7, 11) is 0. The topological polar surface area (TPSA) is 79.5 Å². The summed E-state index contributed by atoms with van der Waals surface area (Å²) in [6.45, 7) is -1.22. The van der Waals surface area contributed by atoms with Crippen molar-refractivity contribution in [1.82, 2.24) is 10.6 Å². The molecule has 3 amide bonds. The number of hydrogen-bond donors (Lipinski definition) is 3. The number of amides is 3. The summed E-state index contributed by atoms with van der Waals surface area (Å²) in [5.74, 6) is -0.277. The Labute approximate surface area is 171 Å². The van der Waals surface area contributed by atoms with Crippen LogP contribution in [-0.2, 0) is 0 Å². The molecule has 9 heteroatoms. The maximum absolute atomic E-state index is 12.4. The van der Waals surface area contributed by atoms with E-state index in [1.54, 1.807) is 25.1 Å². The van der Waals surface area contributed by atoms with Crippen LogP contribution in [0.5, 0.6) is 5.75 Å². The number of carbonyl (C=O) groups is 2. The van der Waals surface area contributed by atoms with E-state index >= 15 is 0 Å². The average molecular weight is 424 g/mol. The van der Waals surface area contributed by atoms with Gasteiger partial charge in [-0.1, -0.05) is 23.7 Å². The van der Waals surface area contributed by atoms with Crippen LogP contribution in [0.1, 0.15) is 41.7 Å². The maximum Gasteiger partial charge on any atom is 0.387 e. The molecule has 1 aliphatic rings. The van der Waals surface area contributed by atoms with Gasteiger partial charge in [0.1, 0.15) is 5.75 Å². The third-order valence-corrected chi connectivity index (χ3v) is 4.64. The maximum atomic E-state index is 12.4. The minimum absolute atomic E-state index is 0.00979. The van der Waals surface area contributed by atoms with Crippen molar-refractivity contribution >= 4 is 29.2 Å². The predicted molar refractivity (Wildman–Crippen MR) is 106 cm³/mol. The highest BCUT2D eigenvalue weighted by atomic mass is 35.5. The minimum atomic E-state index is -2.92. The Morgan fingerprint density at radius 2 is 1.93 bits per heavy atom. The van der Waals surface area contributed by atoms with Gasteiger partial charge in [0.25, 0.3) is 5.91 Å². The van der Waals surface area contributed by atoms with Crippen molar-refractivity contribution in [3.05, 3.63) is 58.6 Å². The van der Waals surface area contributed by atoms with E-state index in [0.717, 1.165) is 12.8 Å². The normalized spacial score (nSPS) is 14.2. The Morgan fingerprint density at radius 1 is 1.17 bits per heavy atom. The Kier molecular flexibility index (Phi) is 6.53. The highest BCUT2D eigenvalue weighted by molar-refractivity contribution is 6.34. The molecule has 1 aliphatic carbocycles. The second-order valence-electron chi connectivity index (χ2n) is 6.71. The molecule has 1 atom stereocenters. The van der Waals surface area contributed by atoms with Gasteiger partial charge in [-0.15, -0.1) is 0 Å². The number of ether oxygens (including phenoxy) is 1. The number of nitrogens with one attached hydrogen (secondary N) is 3. The van der Waals surface area contributed by atoms with Crippen LogP contribution in [0.2, 0.25) is 5.02 Å². The summed E-state index contributed by atoms with van der Waals surface area (Å²) >= 11 is 6.09. The number of hydrogen-bond acceptors (Lipinski definition) is 3. The Hall–Kier alpha value is -2.87. The monoisotopic (exact) mass is 423 g/mol. The molecular formula is C20H20ClF2N3O3. The number of halogens is 3. The summed E-state index contributed by atoms with van der Waals surface area (Å²) in [5.41, 5.74) is 1.27. The summed E-state index contributed by atoms with van der Waals surface area (Å²) in [4.78, 5) is 24.5. The van der Waals surface area contributed by atoms with Crippen LogP contribution in [0.3, 0.4) is 0 Å². The first-order valence-corrected chi connectivity index (χ1v) is 9.42. The van der Waals surface area contributed by atoms with Crippen molar-refractivity contribution < 1.29 is 23.1 Å². The van der Waals surface area contributed by atoms with E-state index in [2.05, 4.69) is 20.7 Å². The lowest BCUT2D eigenvalue weighted by Crippen LogP contribution is -2.31. The van der Waals surface area contributed by atoms with E-state index in [0.29, 0.717) is 16.3 Å². The third-order valence-electron chi connectivity index (χ3n) is 4.31. The average Bonchev–Trinajstić information content (AvgIpc) is 3.46. The first-order valence-electron chi connectivity index (χ1n) is 9.04. The number of carbonyl (C=O) groups excluding carboxylic acids is 2. The fourth-order valence-electron chi connectivity index (χ4n) is 2.68. The molecule has 0 saturated heterocycles. The minimum Gasteiger partial charge on any atom is -0.435 e. The molecule has 3 rings (SSSR count). The van der Waals surface area contributed by atoms with E-state index in [9.17, 15) is 18.4 Å². The van der Waals surface area contributed by atoms with Gasteiger partial charge in [-0.3, -0.25) is 4.79 Å². The Morgan fingerprint density at radius 3 is 2.62 bits per heavy atom. The first-order chi connectivity index (χ1) is 13.8. The van der Waals surface area contributed by atoms with Crippen LogP contribution in [0, 0.1) is 0 Å². The fraction of sp³-hybridized carbons (Fsp3) is 0.300. The number of rotatable bonds is 7. The van der Waals surface area contributed by atoms with Crippen LogP contribution in [0.25, 0.3) is 0 Å². The lowest BCUT2D eigenvalue weighted by molar-refractivity contribution is -0.0499. The third kappa shape index (κ3) is 6.05. The van der Waals surface area contributed by atoms with Gasteiger partial charge in [-0.2, -0.15) is 8.78 Å². The summed E-state index contributed by atoms with van der Waals surface area (Å²) < 4.78 is 29.1. The molecule has 6 nitrogen and oxygen atoms in total. The highest BCUT2D eigenvalue weighted by Gasteiger charge is 2.25. The summed E-state index contributed by atoms with van der Waals surface area (Å²) in [6.07, 6.45) is 1.90. The van der Waals surface area contributed by atoms with Gasteiger partial charge in [-0.05, 0) is 55.7 Å². The molecule has 1 saturated carbocycles. The van der Waals surface area contributed by atoms with Gasteiger partial charge in [-0.25, -0.2) is 4.79 Å². The molecule has 2 aromatic rings. The van der Waals surface area contributed by atoms with Crippen LogP contribution < -0.4 is 20.7 Å². The molecule has 0 aliphatic heterocycles. The molecule has 0 bridgehead atoms. The fourth-order valence-corrected chi connectivity index (χ4v) is 2.88. The zero-order chi connectivity index (χ0) is 21.0. The molecule has 29 heavy (non-hydrogen) atoms. The van der Waals surface area contributed by atoms with Crippen molar-refractivity contribution in [1.29, 1.82) is 0 Å². The number of urea groups is 1. The lowest BCUT2D eigenvalue weighted by atomic mass is 10.1. The molecule has 0 heterocycles. The van der Waals surface area contributed by atoms with E-state index in [1.165, 1.54) is 24.3 Å². The largest absolute Gasteiger partial charge is 0.435 e. The van der Waals surface area contributed by atoms with Crippen molar-refractivity contribution in [3.63, 3.8) is 0 Å². The van der Waals surface area contributed by atoms with E-state index in [4.69, 9.17) is 11.6 Å². The zero-order valence-corrected chi connectivity index (χ0v) is 16.3. The van der Waals surface area contributed by atoms with Gasteiger partial charge in [0.05, 0.1) is 16.6 Å². The van der Waals surface area contributed by atoms with Gasteiger partial charge in [0.15, 0.2) is 0 Å². The molecule has 2 aromatic carbocycles. The first kappa shape index (κ1) is 20.9. The molecule has 0 aromatic heterocycles. The summed E-state index contributed by atoms with van der Waals surface area (Å²) in [5, 5.41) is 8.48. The van der Waals surface area contributed by atoms with E-state index < -0.39 is 18.7 Å². The standard InChI is InChI=1S/C20H20ClF2N3O3/c1-11(12-3-2-4-15(9-12)29-19(22)23)24-20(28)26-14-7-8-17(21)16(10-14)18(27)25-13-5-6-13/h2-4,7-11,13,19H,5-6H2,1H3,(H,25,27)(H2,24,26,28). The lowest BCUT2D eigenvalue weighted by Gasteiger charge is -2.16. The van der Waals surface area contributed by atoms with E-state index in [1.807, 2.05) is 0 Å². The van der Waals surface area contributed by atoms with Crippen molar-refractivity contribution in [2.75, 3.05) is 5.32 Å². The van der Waals surface area contributed by atoms with Crippen molar-refractivity contribution in [2.24, 2.45) is 0 Å². The number of benzene rings is 2. The second-order valence-corrected chi connectivity index (χ2v) is 7.12. The molecule has 1 unspecified atom stereocenters. The Balaban J connectivity index is 1.62. The van der Waals surface area contributed by atoms with Crippen LogP contribution >= 0.6 is 11.6 Å². The highest BCUT2D eigenvalue weighted by Crippen LogP contribution is 2.24. The molecule has 0 radical (unpaired) electrons. The summed E-state index contributed by atoms with van der Waals surface area (Å²) in [6, 6.07) is 9.90. The molecule has 1 fully saturated rings.